The number of piperidine rings is 1. The van der Waals surface area contributed by atoms with E-state index in [0.717, 1.165) is 38.8 Å². The van der Waals surface area contributed by atoms with Crippen LogP contribution in [-0.4, -0.2) is 53.1 Å². The Balaban J connectivity index is 1.67. The van der Waals surface area contributed by atoms with E-state index in [2.05, 4.69) is 18.7 Å². The lowest BCUT2D eigenvalue weighted by molar-refractivity contribution is -0.320. The molecule has 6 aliphatic rings. The Kier molecular flexibility index (Phi) is 3.34. The summed E-state index contributed by atoms with van der Waals surface area (Å²) in [4.78, 5) is 15.2. The Morgan fingerprint density at radius 1 is 1.25 bits per heavy atom. The highest BCUT2D eigenvalue weighted by molar-refractivity contribution is 5.75. The third-order valence-electron chi connectivity index (χ3n) is 10.5. The summed E-state index contributed by atoms with van der Waals surface area (Å²) in [6.45, 7) is 6.26. The maximum Gasteiger partial charge on any atom is 0.309 e. The number of nitrogens with zero attached hydrogens (tertiary/aromatic N) is 1. The van der Waals surface area contributed by atoms with Gasteiger partial charge in [0.05, 0.1) is 19.1 Å². The molecule has 0 aromatic heterocycles. The van der Waals surface area contributed by atoms with E-state index < -0.39 is 17.2 Å². The summed E-state index contributed by atoms with van der Waals surface area (Å²) < 4.78 is 5.24. The van der Waals surface area contributed by atoms with Gasteiger partial charge in [-0.3, -0.25) is 9.69 Å². The third kappa shape index (κ3) is 1.58. The number of ether oxygens (including phenoxy) is 1. The van der Waals surface area contributed by atoms with Crippen molar-refractivity contribution in [1.82, 2.24) is 4.90 Å². The average molecular weight is 388 g/mol. The van der Waals surface area contributed by atoms with Gasteiger partial charge in [-0.2, -0.15) is 0 Å². The van der Waals surface area contributed by atoms with E-state index in [1.54, 1.807) is 0 Å². The molecule has 2 aliphatic heterocycles. The Hall–Kier alpha value is -0.910. The molecular formula is C23H33NO4. The topological polar surface area (TPSA) is 70.0 Å². The minimum Gasteiger partial charge on any atom is -0.469 e. The minimum atomic E-state index is -0.937. The van der Waals surface area contributed by atoms with E-state index in [-0.39, 0.29) is 29.1 Å². The number of allylic oxidation sites excluding steroid dienone is 1. The van der Waals surface area contributed by atoms with Crippen LogP contribution in [0.15, 0.2) is 11.1 Å². The Bertz CT molecular complexity index is 793. The summed E-state index contributed by atoms with van der Waals surface area (Å²) in [6, 6.07) is 0. The van der Waals surface area contributed by atoms with Crippen molar-refractivity contribution in [3.63, 3.8) is 0 Å². The summed E-state index contributed by atoms with van der Waals surface area (Å²) >= 11 is 0. The van der Waals surface area contributed by atoms with Crippen molar-refractivity contribution in [2.75, 3.05) is 20.2 Å². The van der Waals surface area contributed by atoms with Gasteiger partial charge in [-0.05, 0) is 56.3 Å². The van der Waals surface area contributed by atoms with Crippen molar-refractivity contribution in [2.24, 2.45) is 40.4 Å². The molecule has 2 heterocycles. The van der Waals surface area contributed by atoms with Crippen LogP contribution in [0.5, 0.6) is 0 Å². The second-order valence-electron chi connectivity index (χ2n) is 10.9. The maximum atomic E-state index is 12.8. The van der Waals surface area contributed by atoms with Gasteiger partial charge < -0.3 is 14.9 Å². The number of carbonyl (C=O) groups is 1. The number of carbonyl (C=O) groups excluding carboxylic acids is 1. The van der Waals surface area contributed by atoms with Crippen LogP contribution in [0, 0.1) is 40.4 Å². The summed E-state index contributed by atoms with van der Waals surface area (Å²) in [5, 5.41) is 24.2. The van der Waals surface area contributed by atoms with E-state index >= 15 is 0 Å². The van der Waals surface area contributed by atoms with E-state index in [0.29, 0.717) is 24.7 Å². The fourth-order valence-corrected chi connectivity index (χ4v) is 9.41. The van der Waals surface area contributed by atoms with Crippen molar-refractivity contribution in [3.8, 4) is 0 Å². The van der Waals surface area contributed by atoms with Gasteiger partial charge in [-0.15, -0.1) is 0 Å². The van der Waals surface area contributed by atoms with Crippen LogP contribution in [-0.2, 0) is 9.53 Å². The molecule has 5 nitrogen and oxygen atoms in total. The summed E-state index contributed by atoms with van der Waals surface area (Å²) in [6.07, 6.45) is 5.11. The number of methoxy groups -OCH3 is 1. The second-order valence-corrected chi connectivity index (χ2v) is 10.9. The second kappa shape index (κ2) is 5.22. The highest BCUT2D eigenvalue weighted by atomic mass is 16.5. The monoisotopic (exact) mass is 387 g/mol. The maximum absolute atomic E-state index is 12.8. The quantitative estimate of drug-likeness (QED) is 0.534. The molecule has 2 saturated carbocycles. The zero-order valence-corrected chi connectivity index (χ0v) is 17.3. The van der Waals surface area contributed by atoms with Crippen molar-refractivity contribution >= 4 is 5.97 Å². The normalized spacial score (nSPS) is 56.6. The molecule has 5 heteroatoms. The molecule has 6 rings (SSSR count). The summed E-state index contributed by atoms with van der Waals surface area (Å²) in [5.74, 6) is 0.671. The van der Waals surface area contributed by atoms with Gasteiger partial charge in [0.2, 0.25) is 0 Å². The van der Waals surface area contributed by atoms with Gasteiger partial charge in [0.15, 0.2) is 0 Å². The SMILES string of the molecule is COC(=O)[C@@H]1C[C@@]23C4=C(CC[C@@H]5CN6C[C@@H](C)[C@@H](C[C@H](O)[C@@]52C)[C@]63O)CC[C@H]41. The smallest absolute Gasteiger partial charge is 0.309 e. The van der Waals surface area contributed by atoms with Gasteiger partial charge in [0.1, 0.15) is 5.72 Å². The van der Waals surface area contributed by atoms with E-state index in [9.17, 15) is 15.0 Å². The zero-order chi connectivity index (χ0) is 19.6. The van der Waals surface area contributed by atoms with Crippen LogP contribution < -0.4 is 0 Å². The first-order valence-electron chi connectivity index (χ1n) is 11.3. The van der Waals surface area contributed by atoms with E-state index in [1.165, 1.54) is 18.3 Å². The first kappa shape index (κ1) is 17.9. The Morgan fingerprint density at radius 2 is 2.00 bits per heavy atom. The number of rotatable bonds is 1. The molecule has 4 fully saturated rings. The minimum absolute atomic E-state index is 0.0704. The number of aliphatic hydroxyl groups is 2. The molecule has 1 spiro atoms. The number of esters is 1. The van der Waals surface area contributed by atoms with Crippen LogP contribution in [0.2, 0.25) is 0 Å². The Morgan fingerprint density at radius 3 is 2.75 bits per heavy atom. The fourth-order valence-electron chi connectivity index (χ4n) is 9.41. The van der Waals surface area contributed by atoms with Gasteiger partial charge in [-0.25, -0.2) is 0 Å². The van der Waals surface area contributed by atoms with Gasteiger partial charge in [0.25, 0.3) is 0 Å². The highest BCUT2D eigenvalue weighted by Crippen LogP contribution is 2.79. The van der Waals surface area contributed by atoms with Crippen LogP contribution in [0.4, 0.5) is 0 Å². The lowest BCUT2D eigenvalue weighted by atomic mass is 9.41. The van der Waals surface area contributed by atoms with Crippen molar-refractivity contribution in [2.45, 2.75) is 64.2 Å². The highest BCUT2D eigenvalue weighted by Gasteiger charge is 2.82. The largest absolute Gasteiger partial charge is 0.469 e. The first-order valence-corrected chi connectivity index (χ1v) is 11.3. The van der Waals surface area contributed by atoms with Gasteiger partial charge in [-0.1, -0.05) is 25.0 Å². The van der Waals surface area contributed by atoms with Crippen molar-refractivity contribution < 1.29 is 19.7 Å². The number of aliphatic hydroxyl groups excluding tert-OH is 1. The Labute approximate surface area is 167 Å². The van der Waals surface area contributed by atoms with Crippen LogP contribution in [0.3, 0.4) is 0 Å². The molecule has 4 aliphatic carbocycles. The molecule has 0 amide bonds. The lowest BCUT2D eigenvalue weighted by Gasteiger charge is -2.70. The molecule has 2 saturated heterocycles. The molecule has 0 unspecified atom stereocenters. The molecule has 154 valence electrons. The standard InChI is InChI=1S/C23H33NO4/c1-12-10-24-11-14-6-4-13-5-7-15-16(20(26)28-3)9-22(19(13)15)21(14,2)18(25)8-17(12)23(22,24)27/h12,14-18,25,27H,4-11H2,1-3H3/t12-,14-,15+,16-,17-,18+,21-,22-,23-/m1/s1. The molecule has 28 heavy (non-hydrogen) atoms. The lowest BCUT2D eigenvalue weighted by Crippen LogP contribution is -2.77. The first-order chi connectivity index (χ1) is 13.3. The van der Waals surface area contributed by atoms with Crippen LogP contribution in [0.25, 0.3) is 0 Å². The predicted octanol–water partition coefficient (Wildman–Crippen LogP) is 2.32. The van der Waals surface area contributed by atoms with Crippen LogP contribution >= 0.6 is 0 Å². The summed E-state index contributed by atoms with van der Waals surface area (Å²) in [7, 11) is 1.49. The molecule has 9 atom stereocenters. The van der Waals surface area contributed by atoms with E-state index in [4.69, 9.17) is 4.74 Å². The molecular weight excluding hydrogens is 354 g/mol. The summed E-state index contributed by atoms with van der Waals surface area (Å²) in [5.41, 5.74) is 1.04. The molecule has 4 bridgehead atoms. The molecule has 0 aromatic carbocycles. The van der Waals surface area contributed by atoms with E-state index in [1.807, 2.05) is 0 Å². The zero-order valence-electron chi connectivity index (χ0n) is 17.3. The van der Waals surface area contributed by atoms with Gasteiger partial charge in [0, 0.05) is 29.8 Å². The predicted molar refractivity (Wildman–Crippen MR) is 103 cm³/mol. The van der Waals surface area contributed by atoms with Gasteiger partial charge >= 0.3 is 5.97 Å². The fraction of sp³-hybridized carbons (Fsp3) is 0.870. The average Bonchev–Trinajstić information content (AvgIpc) is 3.29. The molecule has 2 N–H and O–H groups in total. The number of hydrogen-bond acceptors (Lipinski definition) is 5. The number of hydrogen-bond donors (Lipinski definition) is 2. The van der Waals surface area contributed by atoms with Crippen molar-refractivity contribution in [1.29, 1.82) is 0 Å². The molecule has 0 aromatic rings. The van der Waals surface area contributed by atoms with Crippen LogP contribution in [0.1, 0.15) is 52.4 Å². The third-order valence-corrected chi connectivity index (χ3v) is 10.5. The molecule has 0 radical (unpaired) electrons. The van der Waals surface area contributed by atoms with Crippen molar-refractivity contribution in [3.05, 3.63) is 11.1 Å².